The molecule has 1 heterocycles. The first-order valence-corrected chi connectivity index (χ1v) is 4.36. The van der Waals surface area contributed by atoms with Crippen molar-refractivity contribution in [2.75, 3.05) is 7.11 Å². The van der Waals surface area contributed by atoms with Crippen LogP contribution in [-0.2, 0) is 4.74 Å². The Morgan fingerprint density at radius 3 is 2.86 bits per heavy atom. The lowest BCUT2D eigenvalue weighted by molar-refractivity contribution is 0.0594. The number of ether oxygens (including phenoxy) is 1. The van der Waals surface area contributed by atoms with Crippen LogP contribution in [0.5, 0.6) is 0 Å². The Kier molecular flexibility index (Phi) is 3.40. The Hall–Kier alpha value is -1.64. The van der Waals surface area contributed by atoms with E-state index in [1.165, 1.54) is 7.11 Å². The van der Waals surface area contributed by atoms with Crippen LogP contribution in [0.4, 0.5) is 0 Å². The molecule has 1 aromatic rings. The van der Waals surface area contributed by atoms with Gasteiger partial charge in [-0.2, -0.15) is 0 Å². The average Bonchev–Trinajstić information content (AvgIpc) is 2.27. The monoisotopic (exact) mass is 191 g/mol. The fourth-order valence-electron chi connectivity index (χ4n) is 1.06. The average molecular weight is 191 g/mol. The highest BCUT2D eigenvalue weighted by atomic mass is 16.5. The lowest BCUT2D eigenvalue weighted by Gasteiger charge is -2.02. The summed E-state index contributed by atoms with van der Waals surface area (Å²) in [5, 5.41) is 0. The summed E-state index contributed by atoms with van der Waals surface area (Å²) >= 11 is 0. The summed E-state index contributed by atoms with van der Waals surface area (Å²) in [5.74, 6) is -0.407. The van der Waals surface area contributed by atoms with Crippen molar-refractivity contribution in [3.63, 3.8) is 0 Å². The van der Waals surface area contributed by atoms with Crippen LogP contribution in [0.25, 0.3) is 5.57 Å². The molecule has 0 saturated carbocycles. The second kappa shape index (κ2) is 4.56. The number of nitrogens with zero attached hydrogens (tertiary/aromatic N) is 1. The summed E-state index contributed by atoms with van der Waals surface area (Å²) in [6, 6.07) is 3.59. The SMILES string of the molecule is CC=C(C)c1ccnc(C(=O)OC)c1. The van der Waals surface area contributed by atoms with E-state index < -0.39 is 5.97 Å². The summed E-state index contributed by atoms with van der Waals surface area (Å²) in [4.78, 5) is 15.1. The number of pyridine rings is 1. The highest BCUT2D eigenvalue weighted by Crippen LogP contribution is 2.13. The van der Waals surface area contributed by atoms with Crippen molar-refractivity contribution >= 4 is 11.5 Å². The third-order valence-corrected chi connectivity index (χ3v) is 2.04. The van der Waals surface area contributed by atoms with E-state index in [2.05, 4.69) is 9.72 Å². The van der Waals surface area contributed by atoms with Crippen LogP contribution in [0.3, 0.4) is 0 Å². The smallest absolute Gasteiger partial charge is 0.356 e. The van der Waals surface area contributed by atoms with Crippen molar-refractivity contribution in [3.8, 4) is 0 Å². The lowest BCUT2D eigenvalue weighted by atomic mass is 10.1. The van der Waals surface area contributed by atoms with E-state index in [1.54, 1.807) is 12.3 Å². The largest absolute Gasteiger partial charge is 0.464 e. The Labute approximate surface area is 83.4 Å². The van der Waals surface area contributed by atoms with E-state index in [0.717, 1.165) is 11.1 Å². The molecule has 0 bridgehead atoms. The zero-order valence-electron chi connectivity index (χ0n) is 8.57. The zero-order valence-corrected chi connectivity index (χ0v) is 8.57. The second-order valence-corrected chi connectivity index (χ2v) is 2.89. The van der Waals surface area contributed by atoms with Crippen LogP contribution < -0.4 is 0 Å². The van der Waals surface area contributed by atoms with Crippen LogP contribution in [0.15, 0.2) is 24.4 Å². The molecule has 3 heteroatoms. The van der Waals surface area contributed by atoms with E-state index in [0.29, 0.717) is 5.69 Å². The topological polar surface area (TPSA) is 39.2 Å². The molecule has 0 unspecified atom stereocenters. The molecule has 0 fully saturated rings. The van der Waals surface area contributed by atoms with Crippen molar-refractivity contribution in [2.45, 2.75) is 13.8 Å². The fourth-order valence-corrected chi connectivity index (χ4v) is 1.06. The number of carbonyl (C=O) groups is 1. The van der Waals surface area contributed by atoms with Gasteiger partial charge in [0.15, 0.2) is 0 Å². The summed E-state index contributed by atoms with van der Waals surface area (Å²) < 4.78 is 4.58. The molecule has 0 aliphatic carbocycles. The summed E-state index contributed by atoms with van der Waals surface area (Å²) in [6.45, 7) is 3.93. The van der Waals surface area contributed by atoms with Crippen LogP contribution in [-0.4, -0.2) is 18.1 Å². The van der Waals surface area contributed by atoms with E-state index in [-0.39, 0.29) is 0 Å². The van der Waals surface area contributed by atoms with Gasteiger partial charge in [-0.15, -0.1) is 0 Å². The van der Waals surface area contributed by atoms with Gasteiger partial charge in [0.25, 0.3) is 0 Å². The maximum absolute atomic E-state index is 11.2. The Morgan fingerprint density at radius 2 is 2.29 bits per heavy atom. The summed E-state index contributed by atoms with van der Waals surface area (Å²) in [7, 11) is 1.35. The van der Waals surface area contributed by atoms with Gasteiger partial charge < -0.3 is 4.74 Å². The predicted molar refractivity (Wildman–Crippen MR) is 54.9 cm³/mol. The summed E-state index contributed by atoms with van der Waals surface area (Å²) in [6.07, 6.45) is 3.59. The van der Waals surface area contributed by atoms with Gasteiger partial charge in [-0.05, 0) is 37.1 Å². The van der Waals surface area contributed by atoms with Gasteiger partial charge in [-0.3, -0.25) is 0 Å². The van der Waals surface area contributed by atoms with Crippen LogP contribution in [0, 0.1) is 0 Å². The molecule has 14 heavy (non-hydrogen) atoms. The maximum Gasteiger partial charge on any atom is 0.356 e. The number of rotatable bonds is 2. The van der Waals surface area contributed by atoms with Gasteiger partial charge in [0.2, 0.25) is 0 Å². The molecular weight excluding hydrogens is 178 g/mol. The Morgan fingerprint density at radius 1 is 1.57 bits per heavy atom. The van der Waals surface area contributed by atoms with E-state index in [9.17, 15) is 4.79 Å². The van der Waals surface area contributed by atoms with Gasteiger partial charge in [-0.1, -0.05) is 6.08 Å². The van der Waals surface area contributed by atoms with Gasteiger partial charge in [0.05, 0.1) is 7.11 Å². The molecule has 3 nitrogen and oxygen atoms in total. The Balaban J connectivity index is 3.07. The molecule has 0 N–H and O–H groups in total. The third-order valence-electron chi connectivity index (χ3n) is 2.04. The van der Waals surface area contributed by atoms with Crippen LogP contribution in [0.2, 0.25) is 0 Å². The normalized spacial score (nSPS) is 11.2. The number of hydrogen-bond donors (Lipinski definition) is 0. The van der Waals surface area contributed by atoms with Gasteiger partial charge >= 0.3 is 5.97 Å². The van der Waals surface area contributed by atoms with Crippen molar-refractivity contribution in [1.29, 1.82) is 0 Å². The first-order chi connectivity index (χ1) is 6.69. The molecular formula is C11H13NO2. The highest BCUT2D eigenvalue weighted by Gasteiger charge is 2.07. The van der Waals surface area contributed by atoms with Crippen LogP contribution >= 0.6 is 0 Å². The number of hydrogen-bond acceptors (Lipinski definition) is 3. The molecule has 0 aromatic carbocycles. The minimum absolute atomic E-state index is 0.339. The molecule has 1 rings (SSSR count). The number of methoxy groups -OCH3 is 1. The molecule has 1 aromatic heterocycles. The Bertz CT molecular complexity index is 369. The maximum atomic E-state index is 11.2. The molecule has 0 saturated heterocycles. The predicted octanol–water partition coefficient (Wildman–Crippen LogP) is 2.29. The van der Waals surface area contributed by atoms with Gasteiger partial charge in [-0.25, -0.2) is 9.78 Å². The number of carbonyl (C=O) groups excluding carboxylic acids is 1. The standard InChI is InChI=1S/C11H13NO2/c1-4-8(2)9-5-6-12-10(7-9)11(13)14-3/h4-7H,1-3H3. The number of esters is 1. The van der Waals surface area contributed by atoms with E-state index in [4.69, 9.17) is 0 Å². The molecule has 0 aliphatic heterocycles. The minimum Gasteiger partial charge on any atom is -0.464 e. The first kappa shape index (κ1) is 10.4. The van der Waals surface area contributed by atoms with Crippen molar-refractivity contribution in [3.05, 3.63) is 35.7 Å². The molecule has 0 amide bonds. The lowest BCUT2D eigenvalue weighted by Crippen LogP contribution is -2.04. The van der Waals surface area contributed by atoms with Crippen molar-refractivity contribution < 1.29 is 9.53 Å². The summed E-state index contributed by atoms with van der Waals surface area (Å²) in [5.41, 5.74) is 2.44. The quantitative estimate of drug-likeness (QED) is 0.673. The van der Waals surface area contributed by atoms with Gasteiger partial charge in [0.1, 0.15) is 5.69 Å². The first-order valence-electron chi connectivity index (χ1n) is 4.36. The molecule has 0 spiro atoms. The van der Waals surface area contributed by atoms with E-state index >= 15 is 0 Å². The molecule has 0 aliphatic rings. The third kappa shape index (κ3) is 2.19. The zero-order chi connectivity index (χ0) is 10.6. The van der Waals surface area contributed by atoms with E-state index in [1.807, 2.05) is 26.0 Å². The van der Waals surface area contributed by atoms with Gasteiger partial charge in [0, 0.05) is 6.20 Å². The molecule has 0 radical (unpaired) electrons. The number of allylic oxidation sites excluding steroid dienone is 2. The number of aromatic nitrogens is 1. The fraction of sp³-hybridized carbons (Fsp3) is 0.273. The second-order valence-electron chi connectivity index (χ2n) is 2.89. The minimum atomic E-state index is -0.407. The van der Waals surface area contributed by atoms with Crippen molar-refractivity contribution in [2.24, 2.45) is 0 Å². The van der Waals surface area contributed by atoms with Crippen molar-refractivity contribution in [1.82, 2.24) is 4.98 Å². The molecule has 74 valence electrons. The molecule has 0 atom stereocenters. The van der Waals surface area contributed by atoms with Crippen LogP contribution in [0.1, 0.15) is 29.9 Å². The highest BCUT2D eigenvalue weighted by molar-refractivity contribution is 5.88.